The van der Waals surface area contributed by atoms with E-state index >= 15 is 0 Å². The van der Waals surface area contributed by atoms with Crippen LogP contribution in [0.3, 0.4) is 0 Å². The zero-order valence-electron chi connectivity index (χ0n) is 7.86. The Morgan fingerprint density at radius 3 is 2.54 bits per heavy atom. The number of aliphatic hydroxyl groups excluding tert-OH is 1. The van der Waals surface area contributed by atoms with Crippen molar-refractivity contribution < 1.29 is 15.0 Å². The molecule has 0 radical (unpaired) electrons. The lowest BCUT2D eigenvalue weighted by Gasteiger charge is -2.49. The number of carboxylic acids is 1. The van der Waals surface area contributed by atoms with E-state index in [4.69, 9.17) is 5.11 Å². The Balaban J connectivity index is 2.23. The lowest BCUT2D eigenvalue weighted by Crippen LogP contribution is -2.50. The number of carbonyl (C=O) groups is 1. The average molecular weight is 184 g/mol. The van der Waals surface area contributed by atoms with Gasteiger partial charge in [-0.15, -0.1) is 0 Å². The second-order valence-corrected chi connectivity index (χ2v) is 4.76. The SMILES string of the molecule is CC1(C(=O)O)CC2CCC1CC2O. The second-order valence-electron chi connectivity index (χ2n) is 4.76. The summed E-state index contributed by atoms with van der Waals surface area (Å²) in [6.45, 7) is 1.83. The van der Waals surface area contributed by atoms with Crippen molar-refractivity contribution in [3.63, 3.8) is 0 Å². The van der Waals surface area contributed by atoms with Gasteiger partial charge in [-0.2, -0.15) is 0 Å². The molecule has 0 spiro atoms. The Kier molecular flexibility index (Phi) is 1.88. The zero-order valence-corrected chi connectivity index (χ0v) is 7.86. The van der Waals surface area contributed by atoms with Crippen molar-refractivity contribution in [3.05, 3.63) is 0 Å². The molecular weight excluding hydrogens is 168 g/mol. The third-order valence-electron chi connectivity index (χ3n) is 4.03. The van der Waals surface area contributed by atoms with Crippen LogP contribution in [-0.2, 0) is 4.79 Å². The highest BCUT2D eigenvalue weighted by molar-refractivity contribution is 5.75. The van der Waals surface area contributed by atoms with Crippen molar-refractivity contribution in [3.8, 4) is 0 Å². The quantitative estimate of drug-likeness (QED) is 0.645. The molecule has 0 aromatic heterocycles. The van der Waals surface area contributed by atoms with E-state index in [0.717, 1.165) is 12.8 Å². The van der Waals surface area contributed by atoms with Gasteiger partial charge in [0.2, 0.25) is 0 Å². The molecule has 0 aromatic carbocycles. The van der Waals surface area contributed by atoms with Crippen LogP contribution >= 0.6 is 0 Å². The Morgan fingerprint density at radius 2 is 2.15 bits per heavy atom. The van der Waals surface area contributed by atoms with Gasteiger partial charge in [-0.1, -0.05) is 0 Å². The largest absolute Gasteiger partial charge is 0.481 e. The van der Waals surface area contributed by atoms with E-state index in [2.05, 4.69) is 0 Å². The number of rotatable bonds is 1. The summed E-state index contributed by atoms with van der Waals surface area (Å²) in [7, 11) is 0. The van der Waals surface area contributed by atoms with Crippen LogP contribution in [0.15, 0.2) is 0 Å². The normalized spacial score (nSPS) is 49.2. The minimum Gasteiger partial charge on any atom is -0.481 e. The maximum absolute atomic E-state index is 11.1. The van der Waals surface area contributed by atoms with Gasteiger partial charge >= 0.3 is 5.97 Å². The maximum atomic E-state index is 11.1. The topological polar surface area (TPSA) is 57.5 Å². The molecule has 74 valence electrons. The van der Waals surface area contributed by atoms with Crippen molar-refractivity contribution >= 4 is 5.97 Å². The van der Waals surface area contributed by atoms with Crippen molar-refractivity contribution in [2.75, 3.05) is 0 Å². The van der Waals surface area contributed by atoms with Gasteiger partial charge < -0.3 is 10.2 Å². The first-order valence-electron chi connectivity index (χ1n) is 4.95. The Labute approximate surface area is 77.8 Å². The summed E-state index contributed by atoms with van der Waals surface area (Å²) in [4.78, 5) is 11.1. The molecule has 3 fully saturated rings. The van der Waals surface area contributed by atoms with Gasteiger partial charge in [0.05, 0.1) is 11.5 Å². The Morgan fingerprint density at radius 1 is 1.46 bits per heavy atom. The molecule has 3 aliphatic rings. The van der Waals surface area contributed by atoms with Gasteiger partial charge in [0.15, 0.2) is 0 Å². The van der Waals surface area contributed by atoms with Crippen molar-refractivity contribution in [2.24, 2.45) is 17.3 Å². The first-order chi connectivity index (χ1) is 6.04. The number of aliphatic carboxylic acids is 1. The number of aliphatic hydroxyl groups is 1. The summed E-state index contributed by atoms with van der Waals surface area (Å²) in [6, 6.07) is 0. The van der Waals surface area contributed by atoms with Gasteiger partial charge in [0.1, 0.15) is 0 Å². The standard InChI is InChI=1S/C10H16O3/c1-10(9(12)13)5-6-2-3-7(10)4-8(6)11/h6-8,11H,2-5H2,1H3,(H,12,13). The predicted molar refractivity (Wildman–Crippen MR) is 47.2 cm³/mol. The van der Waals surface area contributed by atoms with Crippen LogP contribution in [-0.4, -0.2) is 22.3 Å². The van der Waals surface area contributed by atoms with Gasteiger partial charge in [-0.25, -0.2) is 0 Å². The summed E-state index contributed by atoms with van der Waals surface area (Å²) < 4.78 is 0. The van der Waals surface area contributed by atoms with Gasteiger partial charge in [-0.3, -0.25) is 4.79 Å². The number of hydrogen-bond acceptors (Lipinski definition) is 2. The van der Waals surface area contributed by atoms with E-state index in [0.29, 0.717) is 12.8 Å². The van der Waals surface area contributed by atoms with Crippen LogP contribution < -0.4 is 0 Å². The van der Waals surface area contributed by atoms with E-state index in [1.165, 1.54) is 0 Å². The van der Waals surface area contributed by atoms with E-state index in [1.807, 2.05) is 6.92 Å². The highest BCUT2D eigenvalue weighted by atomic mass is 16.4. The third kappa shape index (κ3) is 1.17. The van der Waals surface area contributed by atoms with Gasteiger partial charge in [0.25, 0.3) is 0 Å². The molecule has 3 nitrogen and oxygen atoms in total. The fraction of sp³-hybridized carbons (Fsp3) is 0.900. The van der Waals surface area contributed by atoms with Crippen LogP contribution in [0.2, 0.25) is 0 Å². The van der Waals surface area contributed by atoms with E-state index < -0.39 is 11.4 Å². The van der Waals surface area contributed by atoms with Crippen molar-refractivity contribution in [1.82, 2.24) is 0 Å². The molecule has 3 saturated carbocycles. The van der Waals surface area contributed by atoms with Crippen LogP contribution in [0.4, 0.5) is 0 Å². The van der Waals surface area contributed by atoms with Crippen LogP contribution in [0.25, 0.3) is 0 Å². The lowest BCUT2D eigenvalue weighted by atomic mass is 9.56. The minimum absolute atomic E-state index is 0.185. The van der Waals surface area contributed by atoms with Crippen LogP contribution in [0, 0.1) is 17.3 Å². The predicted octanol–water partition coefficient (Wildman–Crippen LogP) is 1.26. The molecular formula is C10H16O3. The summed E-state index contributed by atoms with van der Waals surface area (Å²) in [5.41, 5.74) is -0.567. The third-order valence-corrected chi connectivity index (χ3v) is 4.03. The second kappa shape index (κ2) is 2.71. The van der Waals surface area contributed by atoms with E-state index in [1.54, 1.807) is 0 Å². The summed E-state index contributed by atoms with van der Waals surface area (Å²) in [5.74, 6) is -0.273. The zero-order chi connectivity index (χ0) is 9.64. The van der Waals surface area contributed by atoms with E-state index in [-0.39, 0.29) is 17.9 Å². The molecule has 0 aliphatic heterocycles. The smallest absolute Gasteiger partial charge is 0.309 e. The highest BCUT2D eigenvalue weighted by Gasteiger charge is 2.52. The molecule has 0 aromatic rings. The molecule has 3 rings (SSSR count). The number of hydrogen-bond donors (Lipinski definition) is 2. The average Bonchev–Trinajstić information content (AvgIpc) is 2.07. The monoisotopic (exact) mass is 184 g/mol. The van der Waals surface area contributed by atoms with Crippen LogP contribution in [0.1, 0.15) is 32.6 Å². The molecule has 0 amide bonds. The molecule has 3 heteroatoms. The Hall–Kier alpha value is -0.570. The minimum atomic E-state index is -0.686. The Bertz CT molecular complexity index is 238. The fourth-order valence-electron chi connectivity index (χ4n) is 3.00. The molecule has 4 unspecified atom stereocenters. The maximum Gasteiger partial charge on any atom is 0.309 e. The highest BCUT2D eigenvalue weighted by Crippen LogP contribution is 2.52. The van der Waals surface area contributed by atoms with E-state index in [9.17, 15) is 9.90 Å². The molecule has 13 heavy (non-hydrogen) atoms. The van der Waals surface area contributed by atoms with Crippen molar-refractivity contribution in [1.29, 1.82) is 0 Å². The van der Waals surface area contributed by atoms with Gasteiger partial charge in [-0.05, 0) is 44.4 Å². The summed E-state index contributed by atoms with van der Waals surface area (Å²) in [5, 5.41) is 18.7. The number of fused-ring (bicyclic) bond motifs is 3. The van der Waals surface area contributed by atoms with Gasteiger partial charge in [0, 0.05) is 0 Å². The molecule has 0 saturated heterocycles. The molecule has 3 aliphatic carbocycles. The van der Waals surface area contributed by atoms with Crippen LogP contribution in [0.5, 0.6) is 0 Å². The molecule has 2 bridgehead atoms. The number of carboxylic acid groups (broad SMARTS) is 1. The molecule has 0 heterocycles. The van der Waals surface area contributed by atoms with Crippen molar-refractivity contribution in [2.45, 2.75) is 38.7 Å². The first kappa shape index (κ1) is 9.00. The summed E-state index contributed by atoms with van der Waals surface area (Å²) >= 11 is 0. The molecule has 4 atom stereocenters. The lowest BCUT2D eigenvalue weighted by molar-refractivity contribution is -0.164. The summed E-state index contributed by atoms with van der Waals surface area (Å²) in [6.07, 6.45) is 3.09. The first-order valence-corrected chi connectivity index (χ1v) is 4.95. The fourth-order valence-corrected chi connectivity index (χ4v) is 3.00. The molecule has 2 N–H and O–H groups in total.